The lowest BCUT2D eigenvalue weighted by Gasteiger charge is -2.00. The number of nitrogens with zero attached hydrogens (tertiary/aromatic N) is 4. The van der Waals surface area contributed by atoms with Gasteiger partial charge >= 0.3 is 5.97 Å². The van der Waals surface area contributed by atoms with Crippen LogP contribution in [-0.4, -0.2) is 36.0 Å². The molecule has 0 fully saturated rings. The first-order valence-corrected chi connectivity index (χ1v) is 9.63. The van der Waals surface area contributed by atoms with Crippen molar-refractivity contribution in [3.63, 3.8) is 0 Å². The minimum atomic E-state index is -1.08. The Balaban J connectivity index is 1.45. The lowest BCUT2D eigenvalue weighted by atomic mass is 10.1. The fourth-order valence-corrected chi connectivity index (χ4v) is 3.24. The molecule has 7 nitrogen and oxygen atoms in total. The van der Waals surface area contributed by atoms with Crippen LogP contribution in [0.25, 0.3) is 16.9 Å². The summed E-state index contributed by atoms with van der Waals surface area (Å²) in [5.74, 6) is -0.883. The van der Waals surface area contributed by atoms with Crippen molar-refractivity contribution in [1.29, 1.82) is 0 Å². The summed E-state index contributed by atoms with van der Waals surface area (Å²) in [6.07, 6.45) is 3.47. The fraction of sp³-hybridized carbons (Fsp3) is 0.143. The van der Waals surface area contributed by atoms with Gasteiger partial charge in [0.25, 0.3) is 0 Å². The van der Waals surface area contributed by atoms with Gasteiger partial charge in [0, 0.05) is 17.0 Å². The Morgan fingerprint density at radius 1 is 1.13 bits per heavy atom. The molecule has 0 aliphatic heterocycles. The Kier molecular flexibility index (Phi) is 5.58. The monoisotopic (exact) mass is 425 g/mol. The van der Waals surface area contributed by atoms with E-state index in [4.69, 9.17) is 11.6 Å². The molecule has 0 aliphatic carbocycles. The van der Waals surface area contributed by atoms with E-state index < -0.39 is 5.97 Å². The van der Waals surface area contributed by atoms with E-state index >= 15 is 0 Å². The van der Waals surface area contributed by atoms with E-state index in [0.29, 0.717) is 52.7 Å². The summed E-state index contributed by atoms with van der Waals surface area (Å²) in [5.41, 5.74) is 2.13. The lowest BCUT2D eigenvalue weighted by Crippen LogP contribution is -1.99. The smallest absolute Gasteiger partial charge is 0.354 e. The Morgan fingerprint density at radius 2 is 1.90 bits per heavy atom. The molecule has 0 amide bonds. The van der Waals surface area contributed by atoms with Crippen LogP contribution < -0.4 is 0 Å². The maximum Gasteiger partial charge on any atom is 0.354 e. The van der Waals surface area contributed by atoms with Crippen molar-refractivity contribution in [2.45, 2.75) is 19.3 Å². The molecule has 4 aromatic rings. The third-order valence-electron chi connectivity index (χ3n) is 4.57. The number of hydrogen-bond acceptors (Lipinski definition) is 4. The van der Waals surface area contributed by atoms with Crippen molar-refractivity contribution in [3.8, 4) is 16.9 Å². The predicted molar refractivity (Wildman–Crippen MR) is 109 cm³/mol. The van der Waals surface area contributed by atoms with Gasteiger partial charge in [-0.25, -0.2) is 18.9 Å². The van der Waals surface area contributed by atoms with E-state index in [1.54, 1.807) is 48.7 Å². The standard InChI is InChI=1S/C21H17ClFN5O2/c22-14-10-8-13(9-11-14)19-20(21(29)30)25-18(24-19)7-3-4-15-12-28(27-26-15)17-6-2-1-5-16(17)23/h1-2,5-6,8-12H,3-4,7H2,(H,24,25)(H,29,30). The molecule has 2 aromatic heterocycles. The molecule has 0 saturated carbocycles. The van der Waals surface area contributed by atoms with Gasteiger partial charge in [0.2, 0.25) is 0 Å². The van der Waals surface area contributed by atoms with Crippen LogP contribution in [0, 0.1) is 5.82 Å². The van der Waals surface area contributed by atoms with Crippen LogP contribution in [0.2, 0.25) is 5.02 Å². The van der Waals surface area contributed by atoms with Crippen LogP contribution >= 0.6 is 11.6 Å². The largest absolute Gasteiger partial charge is 0.477 e. The Morgan fingerprint density at radius 3 is 2.63 bits per heavy atom. The number of halogens is 2. The topological polar surface area (TPSA) is 96.7 Å². The fourth-order valence-electron chi connectivity index (χ4n) is 3.12. The normalized spacial score (nSPS) is 11.0. The first-order valence-electron chi connectivity index (χ1n) is 9.25. The van der Waals surface area contributed by atoms with E-state index in [-0.39, 0.29) is 11.5 Å². The quantitative estimate of drug-likeness (QED) is 0.459. The highest BCUT2D eigenvalue weighted by atomic mass is 35.5. The number of aromatic amines is 1. The van der Waals surface area contributed by atoms with Gasteiger partial charge in [-0.3, -0.25) is 0 Å². The second kappa shape index (κ2) is 8.46. The SMILES string of the molecule is O=C(O)c1[nH]c(CCCc2cn(-c3ccccc3F)nn2)nc1-c1ccc(Cl)cc1. The van der Waals surface area contributed by atoms with Gasteiger partial charge in [-0.05, 0) is 37.1 Å². The molecule has 0 radical (unpaired) electrons. The van der Waals surface area contributed by atoms with Gasteiger partial charge in [0.05, 0.1) is 11.9 Å². The number of imidazole rings is 1. The number of carbonyl (C=O) groups is 1. The van der Waals surface area contributed by atoms with Crippen LogP contribution in [0.1, 0.15) is 28.4 Å². The molecular formula is C21H17ClFN5O2. The number of aromatic carboxylic acids is 1. The van der Waals surface area contributed by atoms with Gasteiger partial charge < -0.3 is 10.1 Å². The number of hydrogen-bond donors (Lipinski definition) is 2. The summed E-state index contributed by atoms with van der Waals surface area (Å²) < 4.78 is 15.3. The van der Waals surface area contributed by atoms with E-state index in [1.807, 2.05) is 0 Å². The average molecular weight is 426 g/mol. The van der Waals surface area contributed by atoms with E-state index in [9.17, 15) is 14.3 Å². The van der Waals surface area contributed by atoms with Crippen LogP contribution in [-0.2, 0) is 12.8 Å². The molecule has 152 valence electrons. The second-order valence-corrected chi connectivity index (χ2v) is 7.11. The Hall–Kier alpha value is -3.52. The van der Waals surface area contributed by atoms with Crippen molar-refractivity contribution >= 4 is 17.6 Å². The summed E-state index contributed by atoms with van der Waals surface area (Å²) in [4.78, 5) is 18.9. The van der Waals surface area contributed by atoms with Crippen molar-refractivity contribution in [3.05, 3.63) is 82.8 Å². The molecule has 0 saturated heterocycles. The maximum atomic E-state index is 13.9. The van der Waals surface area contributed by atoms with Crippen molar-refractivity contribution in [1.82, 2.24) is 25.0 Å². The molecule has 9 heteroatoms. The van der Waals surface area contributed by atoms with Crippen molar-refractivity contribution in [2.24, 2.45) is 0 Å². The number of benzene rings is 2. The minimum absolute atomic E-state index is 0.0396. The summed E-state index contributed by atoms with van der Waals surface area (Å²) in [6, 6.07) is 13.2. The number of carboxylic acid groups (broad SMARTS) is 1. The molecule has 4 rings (SSSR count). The highest BCUT2D eigenvalue weighted by Crippen LogP contribution is 2.24. The van der Waals surface area contributed by atoms with Crippen LogP contribution in [0.4, 0.5) is 4.39 Å². The van der Waals surface area contributed by atoms with Crippen LogP contribution in [0.15, 0.2) is 54.7 Å². The van der Waals surface area contributed by atoms with Gasteiger partial charge in [-0.15, -0.1) is 5.10 Å². The summed E-state index contributed by atoms with van der Waals surface area (Å²) in [7, 11) is 0. The van der Waals surface area contributed by atoms with Crippen LogP contribution in [0.5, 0.6) is 0 Å². The molecule has 2 heterocycles. The molecule has 0 bridgehead atoms. The number of aryl methyl sites for hydroxylation is 2. The lowest BCUT2D eigenvalue weighted by molar-refractivity contribution is 0.0692. The zero-order valence-corrected chi connectivity index (χ0v) is 16.5. The second-order valence-electron chi connectivity index (χ2n) is 6.68. The highest BCUT2D eigenvalue weighted by Gasteiger charge is 2.18. The summed E-state index contributed by atoms with van der Waals surface area (Å²) >= 11 is 5.90. The third-order valence-corrected chi connectivity index (χ3v) is 4.82. The molecule has 0 atom stereocenters. The van der Waals surface area contributed by atoms with Gasteiger partial charge in [-0.1, -0.05) is 41.1 Å². The molecule has 2 aromatic carbocycles. The van der Waals surface area contributed by atoms with E-state index in [0.717, 1.165) is 0 Å². The zero-order chi connectivity index (χ0) is 21.1. The van der Waals surface area contributed by atoms with Crippen molar-refractivity contribution in [2.75, 3.05) is 0 Å². The van der Waals surface area contributed by atoms with Gasteiger partial charge in [-0.2, -0.15) is 0 Å². The number of aromatic nitrogens is 5. The highest BCUT2D eigenvalue weighted by molar-refractivity contribution is 6.30. The average Bonchev–Trinajstić information content (AvgIpc) is 3.37. The number of H-pyrrole nitrogens is 1. The summed E-state index contributed by atoms with van der Waals surface area (Å²) in [5, 5.41) is 18.1. The molecule has 0 aliphatic rings. The maximum absolute atomic E-state index is 13.9. The number of rotatable bonds is 7. The van der Waals surface area contributed by atoms with Gasteiger partial charge in [0.15, 0.2) is 5.69 Å². The molecule has 2 N–H and O–H groups in total. The zero-order valence-electron chi connectivity index (χ0n) is 15.7. The van der Waals surface area contributed by atoms with E-state index in [2.05, 4.69) is 20.3 Å². The third kappa shape index (κ3) is 4.23. The number of para-hydroxylation sites is 1. The molecule has 30 heavy (non-hydrogen) atoms. The van der Waals surface area contributed by atoms with Crippen molar-refractivity contribution < 1.29 is 14.3 Å². The summed E-state index contributed by atoms with van der Waals surface area (Å²) in [6.45, 7) is 0. The van der Waals surface area contributed by atoms with Crippen LogP contribution in [0.3, 0.4) is 0 Å². The minimum Gasteiger partial charge on any atom is -0.477 e. The first-order chi connectivity index (χ1) is 14.5. The Bertz CT molecular complexity index is 1190. The molecule has 0 spiro atoms. The molecule has 0 unspecified atom stereocenters. The van der Waals surface area contributed by atoms with Gasteiger partial charge in [0.1, 0.15) is 23.0 Å². The first kappa shape index (κ1) is 19.8. The molecular weight excluding hydrogens is 409 g/mol. The number of carboxylic acids is 1. The van der Waals surface area contributed by atoms with E-state index in [1.165, 1.54) is 10.7 Å². The predicted octanol–water partition coefficient (Wildman–Crippen LogP) is 4.32. The number of nitrogens with one attached hydrogen (secondary N) is 1. The Labute approximate surface area is 176 Å².